The predicted molar refractivity (Wildman–Crippen MR) is 127 cm³/mol. The molecule has 7 nitrogen and oxygen atoms in total. The molecule has 1 aromatic heterocycles. The van der Waals surface area contributed by atoms with E-state index in [0.29, 0.717) is 18.1 Å². The van der Waals surface area contributed by atoms with Crippen LogP contribution in [0.25, 0.3) is 0 Å². The first-order valence-electron chi connectivity index (χ1n) is 11.6. The number of fused-ring (bicyclic) bond motifs is 2. The van der Waals surface area contributed by atoms with E-state index in [9.17, 15) is 9.90 Å². The number of benzene rings is 2. The van der Waals surface area contributed by atoms with Crippen molar-refractivity contribution >= 4 is 5.91 Å². The van der Waals surface area contributed by atoms with E-state index in [1.807, 2.05) is 18.2 Å². The molecule has 1 saturated heterocycles. The highest BCUT2D eigenvalue weighted by Crippen LogP contribution is 2.52. The van der Waals surface area contributed by atoms with Crippen molar-refractivity contribution < 1.29 is 23.8 Å². The molecule has 0 radical (unpaired) electrons. The number of aromatic hydroxyl groups is 1. The second-order valence-corrected chi connectivity index (χ2v) is 9.10. The third-order valence-corrected chi connectivity index (χ3v) is 7.40. The lowest BCUT2D eigenvalue weighted by Gasteiger charge is -2.44. The zero-order chi connectivity index (χ0) is 23.7. The highest BCUT2D eigenvalue weighted by atomic mass is 16.5. The van der Waals surface area contributed by atoms with E-state index < -0.39 is 0 Å². The molecule has 3 aromatic rings. The minimum absolute atomic E-state index is 0.180. The number of furan rings is 1. The molecule has 1 aliphatic carbocycles. The average molecular weight is 463 g/mol. The fourth-order valence-electron chi connectivity index (χ4n) is 5.70. The van der Waals surface area contributed by atoms with Crippen molar-refractivity contribution in [1.29, 1.82) is 0 Å². The predicted octanol–water partition coefficient (Wildman–Crippen LogP) is 4.03. The summed E-state index contributed by atoms with van der Waals surface area (Å²) in [6.07, 6.45) is 3.11. The van der Waals surface area contributed by atoms with Gasteiger partial charge in [-0.05, 0) is 55.3 Å². The van der Waals surface area contributed by atoms with Gasteiger partial charge in [0.25, 0.3) is 5.91 Å². The van der Waals surface area contributed by atoms with E-state index in [1.54, 1.807) is 32.4 Å². The number of hydrogen-bond acceptors (Lipinski definition) is 6. The first-order valence-corrected chi connectivity index (χ1v) is 11.6. The van der Waals surface area contributed by atoms with E-state index in [2.05, 4.69) is 28.4 Å². The summed E-state index contributed by atoms with van der Waals surface area (Å²) in [6, 6.07) is 16.9. The molecule has 2 aromatic carbocycles. The lowest BCUT2D eigenvalue weighted by molar-refractivity contribution is -0.0124. The number of phenols is 1. The molecular formula is C27H30N2O5. The van der Waals surface area contributed by atoms with E-state index in [4.69, 9.17) is 13.9 Å². The van der Waals surface area contributed by atoms with Crippen LogP contribution in [0.5, 0.6) is 11.5 Å². The topological polar surface area (TPSA) is 84.2 Å². The van der Waals surface area contributed by atoms with Gasteiger partial charge in [-0.15, -0.1) is 0 Å². The summed E-state index contributed by atoms with van der Waals surface area (Å²) >= 11 is 0. The van der Waals surface area contributed by atoms with Crippen molar-refractivity contribution in [2.75, 3.05) is 27.3 Å². The Bertz CT molecular complexity index is 1150. The zero-order valence-electron chi connectivity index (χ0n) is 19.5. The third kappa shape index (κ3) is 3.85. The van der Waals surface area contributed by atoms with Crippen molar-refractivity contribution in [1.82, 2.24) is 10.2 Å². The van der Waals surface area contributed by atoms with Crippen molar-refractivity contribution in [3.8, 4) is 11.5 Å². The van der Waals surface area contributed by atoms with E-state index in [-0.39, 0.29) is 29.2 Å². The molecule has 0 bridgehead atoms. The number of ether oxygens (including phenoxy) is 2. The van der Waals surface area contributed by atoms with Crippen LogP contribution >= 0.6 is 0 Å². The van der Waals surface area contributed by atoms with Crippen LogP contribution in [-0.4, -0.2) is 49.3 Å². The number of carbonyl (C=O) groups excluding carboxylic acids is 1. The van der Waals surface area contributed by atoms with Crippen LogP contribution in [0, 0.1) is 0 Å². The summed E-state index contributed by atoms with van der Waals surface area (Å²) in [7, 11) is 3.32. The molecule has 1 spiro atoms. The summed E-state index contributed by atoms with van der Waals surface area (Å²) in [4.78, 5) is 15.2. The summed E-state index contributed by atoms with van der Waals surface area (Å²) in [5.41, 5.74) is 3.05. The Hall–Kier alpha value is -3.29. The summed E-state index contributed by atoms with van der Waals surface area (Å²) in [5.74, 6) is 0.951. The number of piperidine rings is 1. The molecule has 0 saturated carbocycles. The number of carbonyl (C=O) groups is 1. The van der Waals surface area contributed by atoms with Gasteiger partial charge in [0, 0.05) is 30.7 Å². The number of amides is 1. The Morgan fingerprint density at radius 1 is 1.15 bits per heavy atom. The number of phenolic OH excluding ortho intramolecular Hbond substituents is 1. The minimum atomic E-state index is -0.254. The monoisotopic (exact) mass is 462 g/mol. The van der Waals surface area contributed by atoms with Gasteiger partial charge >= 0.3 is 0 Å². The molecule has 2 aliphatic rings. The van der Waals surface area contributed by atoms with Crippen LogP contribution in [-0.2, 0) is 16.7 Å². The molecular weight excluding hydrogens is 432 g/mol. The SMILES string of the molecule is COc1ccc(CN2CCC3(CC2)c2ccccc2[C@@H](NC(=O)c2ccco2)[C@@H]3OC)c(O)c1. The van der Waals surface area contributed by atoms with Crippen LogP contribution in [0.15, 0.2) is 65.3 Å². The smallest absolute Gasteiger partial charge is 0.287 e. The molecule has 5 rings (SSSR count). The standard InChI is InChI=1S/C27H30N2O5/c1-32-19-10-9-18(22(30)16-19)17-29-13-11-27(12-14-29)21-7-4-3-6-20(21)24(25(27)33-2)28-26(31)23-8-5-15-34-23/h3-10,15-16,24-25,30H,11-14,17H2,1-2H3,(H,28,31)/t24-,25+/m1/s1. The van der Waals surface area contributed by atoms with Gasteiger partial charge in [0.05, 0.1) is 25.5 Å². The fourth-order valence-corrected chi connectivity index (χ4v) is 5.70. The maximum atomic E-state index is 12.8. The van der Waals surface area contributed by atoms with Crippen LogP contribution in [0.3, 0.4) is 0 Å². The van der Waals surface area contributed by atoms with Crippen molar-refractivity contribution in [2.45, 2.75) is 36.9 Å². The fraction of sp³-hybridized carbons (Fsp3) is 0.370. The number of likely N-dealkylation sites (tertiary alicyclic amines) is 1. The molecule has 1 amide bonds. The van der Waals surface area contributed by atoms with Crippen molar-refractivity contribution in [3.05, 3.63) is 83.3 Å². The minimum Gasteiger partial charge on any atom is -0.507 e. The number of methoxy groups -OCH3 is 2. The molecule has 2 N–H and O–H groups in total. The van der Waals surface area contributed by atoms with Crippen LogP contribution in [0.2, 0.25) is 0 Å². The number of rotatable bonds is 6. The van der Waals surface area contributed by atoms with Gasteiger partial charge in [-0.1, -0.05) is 30.3 Å². The number of hydrogen-bond donors (Lipinski definition) is 2. The molecule has 34 heavy (non-hydrogen) atoms. The van der Waals surface area contributed by atoms with E-state index in [1.165, 1.54) is 11.8 Å². The van der Waals surface area contributed by atoms with Crippen LogP contribution in [0.1, 0.15) is 46.1 Å². The average Bonchev–Trinajstić information content (AvgIpc) is 3.48. The molecule has 2 heterocycles. The highest BCUT2D eigenvalue weighted by Gasteiger charge is 2.54. The van der Waals surface area contributed by atoms with Gasteiger partial charge in [0.15, 0.2) is 5.76 Å². The molecule has 2 atom stereocenters. The quantitative estimate of drug-likeness (QED) is 0.576. The molecule has 0 unspecified atom stereocenters. The van der Waals surface area contributed by atoms with Gasteiger partial charge < -0.3 is 24.3 Å². The van der Waals surface area contributed by atoms with Gasteiger partial charge in [-0.3, -0.25) is 9.69 Å². The summed E-state index contributed by atoms with van der Waals surface area (Å²) < 4.78 is 16.6. The van der Waals surface area contributed by atoms with Crippen molar-refractivity contribution in [2.24, 2.45) is 0 Å². The first kappa shape index (κ1) is 22.5. The Labute approximate surface area is 199 Å². The lowest BCUT2D eigenvalue weighted by Crippen LogP contribution is -2.50. The highest BCUT2D eigenvalue weighted by molar-refractivity contribution is 5.91. The number of nitrogens with zero attached hydrogens (tertiary/aromatic N) is 1. The lowest BCUT2D eigenvalue weighted by atomic mass is 9.71. The van der Waals surface area contributed by atoms with Crippen LogP contribution in [0.4, 0.5) is 0 Å². The molecule has 7 heteroatoms. The maximum absolute atomic E-state index is 12.8. The Morgan fingerprint density at radius 2 is 1.94 bits per heavy atom. The van der Waals surface area contributed by atoms with E-state index in [0.717, 1.165) is 37.1 Å². The largest absolute Gasteiger partial charge is 0.507 e. The van der Waals surface area contributed by atoms with Crippen molar-refractivity contribution in [3.63, 3.8) is 0 Å². The normalized spacial score (nSPS) is 21.4. The van der Waals surface area contributed by atoms with Gasteiger partial charge in [0.1, 0.15) is 11.5 Å². The Kier molecular flexibility index (Phi) is 6.06. The number of nitrogens with one attached hydrogen (secondary N) is 1. The summed E-state index contributed by atoms with van der Waals surface area (Å²) in [5, 5.41) is 13.6. The van der Waals surface area contributed by atoms with Gasteiger partial charge in [-0.2, -0.15) is 0 Å². The zero-order valence-corrected chi connectivity index (χ0v) is 19.5. The first-order chi connectivity index (χ1) is 16.6. The molecule has 1 fully saturated rings. The second-order valence-electron chi connectivity index (χ2n) is 9.10. The Morgan fingerprint density at radius 3 is 2.62 bits per heavy atom. The maximum Gasteiger partial charge on any atom is 0.287 e. The van der Waals surface area contributed by atoms with E-state index >= 15 is 0 Å². The van der Waals surface area contributed by atoms with Gasteiger partial charge in [-0.25, -0.2) is 0 Å². The van der Waals surface area contributed by atoms with Crippen LogP contribution < -0.4 is 10.1 Å². The molecule has 1 aliphatic heterocycles. The third-order valence-electron chi connectivity index (χ3n) is 7.40. The second kappa shape index (κ2) is 9.16. The Balaban J connectivity index is 1.36. The summed E-state index contributed by atoms with van der Waals surface area (Å²) in [6.45, 7) is 2.39. The van der Waals surface area contributed by atoms with Gasteiger partial charge in [0.2, 0.25) is 0 Å². The molecule has 178 valence electrons.